The van der Waals surface area contributed by atoms with E-state index in [9.17, 15) is 4.79 Å². The van der Waals surface area contributed by atoms with Gasteiger partial charge in [-0.05, 0) is 12.5 Å². The highest BCUT2D eigenvalue weighted by Crippen LogP contribution is 2.38. The Bertz CT molecular complexity index is 907. The van der Waals surface area contributed by atoms with Gasteiger partial charge in [-0.3, -0.25) is 4.79 Å². The van der Waals surface area contributed by atoms with Crippen LogP contribution in [-0.2, 0) is 0 Å². The van der Waals surface area contributed by atoms with Gasteiger partial charge in [0.15, 0.2) is 11.5 Å². The third kappa shape index (κ3) is 2.03. The van der Waals surface area contributed by atoms with Crippen molar-refractivity contribution in [1.29, 1.82) is 0 Å². The van der Waals surface area contributed by atoms with Crippen LogP contribution in [0.3, 0.4) is 0 Å². The van der Waals surface area contributed by atoms with Crippen LogP contribution in [-0.4, -0.2) is 21.6 Å². The maximum Gasteiger partial charge on any atom is 0.271 e. The molecule has 2 aromatic heterocycles. The van der Waals surface area contributed by atoms with E-state index in [4.69, 9.17) is 10.2 Å². The van der Waals surface area contributed by atoms with Gasteiger partial charge in [-0.2, -0.15) is 0 Å². The number of primary amides is 1. The van der Waals surface area contributed by atoms with Gasteiger partial charge in [-0.25, -0.2) is 4.98 Å². The predicted molar refractivity (Wildman–Crippen MR) is 87.4 cm³/mol. The van der Waals surface area contributed by atoms with Crippen molar-refractivity contribution in [3.63, 3.8) is 0 Å². The van der Waals surface area contributed by atoms with Gasteiger partial charge in [0.2, 0.25) is 5.89 Å². The van der Waals surface area contributed by atoms with E-state index in [1.54, 1.807) is 11.8 Å². The average molecular weight is 311 g/mol. The Morgan fingerprint density at radius 3 is 3.00 bits per heavy atom. The summed E-state index contributed by atoms with van der Waals surface area (Å²) in [4.78, 5) is 20.1. The number of amides is 1. The number of hydrogen-bond donors (Lipinski definition) is 2. The molecule has 4 rings (SSSR count). The van der Waals surface area contributed by atoms with E-state index in [1.165, 1.54) is 0 Å². The predicted octanol–water partition coefficient (Wildman–Crippen LogP) is 3.40. The lowest BCUT2D eigenvalue weighted by Crippen LogP contribution is -2.13. The van der Waals surface area contributed by atoms with Crippen LogP contribution < -0.4 is 5.73 Å². The molecule has 6 heteroatoms. The van der Waals surface area contributed by atoms with Crippen LogP contribution in [0, 0.1) is 0 Å². The molecular formula is C16H13N3O2S. The first kappa shape index (κ1) is 13.2. The van der Waals surface area contributed by atoms with Crippen molar-refractivity contribution in [2.24, 2.45) is 5.73 Å². The van der Waals surface area contributed by atoms with Crippen molar-refractivity contribution < 1.29 is 9.21 Å². The average Bonchev–Trinajstić information content (AvgIpc) is 3.24. The molecule has 0 radical (unpaired) electrons. The second kappa shape index (κ2) is 5.06. The molecule has 3 N–H and O–H groups in total. The number of nitrogens with zero attached hydrogens (tertiary/aromatic N) is 1. The second-order valence-electron chi connectivity index (χ2n) is 5.01. The molecule has 0 saturated carbocycles. The first-order chi connectivity index (χ1) is 10.7. The Kier molecular flexibility index (Phi) is 3.04. The molecule has 3 aromatic rings. The molecule has 0 aliphatic carbocycles. The summed E-state index contributed by atoms with van der Waals surface area (Å²) in [6, 6.07) is 7.87. The Hall–Kier alpha value is -2.47. The zero-order chi connectivity index (χ0) is 15.1. The molecule has 1 aromatic carbocycles. The summed E-state index contributed by atoms with van der Waals surface area (Å²) in [5, 5.41) is 0.999. The number of carbonyl (C=O) groups is 1. The van der Waals surface area contributed by atoms with Gasteiger partial charge >= 0.3 is 0 Å². The number of oxazole rings is 1. The Morgan fingerprint density at radius 2 is 2.23 bits per heavy atom. The number of H-pyrrole nitrogens is 1. The lowest BCUT2D eigenvalue weighted by atomic mass is 10.2. The zero-order valence-electron chi connectivity index (χ0n) is 11.6. The number of nitrogens with two attached hydrogens (primary N) is 1. The van der Waals surface area contributed by atoms with Crippen molar-refractivity contribution >= 4 is 33.5 Å². The largest absolute Gasteiger partial charge is 0.435 e. The van der Waals surface area contributed by atoms with Gasteiger partial charge in [-0.15, -0.1) is 11.8 Å². The molecule has 1 amide bonds. The van der Waals surface area contributed by atoms with Crippen LogP contribution in [0.15, 0.2) is 41.0 Å². The van der Waals surface area contributed by atoms with E-state index < -0.39 is 5.91 Å². The number of thioether (sulfide) groups is 1. The molecule has 1 aliphatic rings. The normalized spacial score (nSPS) is 14.5. The number of carbonyl (C=O) groups excluding carboxylic acids is 1. The number of allylic oxidation sites excluding steroid dienone is 1. The zero-order valence-corrected chi connectivity index (χ0v) is 12.4. The van der Waals surface area contributed by atoms with E-state index >= 15 is 0 Å². The minimum atomic E-state index is -0.571. The van der Waals surface area contributed by atoms with E-state index in [0.29, 0.717) is 11.7 Å². The molecule has 0 atom stereocenters. The first-order valence-corrected chi connectivity index (χ1v) is 7.93. The minimum Gasteiger partial charge on any atom is -0.435 e. The molecule has 0 unspecified atom stereocenters. The van der Waals surface area contributed by atoms with Crippen LogP contribution in [0.25, 0.3) is 27.3 Å². The molecule has 0 saturated heterocycles. The van der Waals surface area contributed by atoms with E-state index in [1.807, 2.05) is 30.5 Å². The maximum absolute atomic E-state index is 11.7. The summed E-state index contributed by atoms with van der Waals surface area (Å²) in [6.45, 7) is 0. The van der Waals surface area contributed by atoms with E-state index in [2.05, 4.69) is 16.0 Å². The third-order valence-corrected chi connectivity index (χ3v) is 4.71. The fraction of sp³-hybridized carbons (Fsp3) is 0.125. The third-order valence-electron chi connectivity index (χ3n) is 3.61. The van der Waals surface area contributed by atoms with Gasteiger partial charge in [0, 0.05) is 27.8 Å². The molecular weight excluding hydrogens is 298 g/mol. The Labute approximate surface area is 130 Å². The summed E-state index contributed by atoms with van der Waals surface area (Å²) in [5.74, 6) is 1.31. The van der Waals surface area contributed by atoms with Crippen LogP contribution in [0.1, 0.15) is 22.7 Å². The monoisotopic (exact) mass is 311 g/mol. The van der Waals surface area contributed by atoms with Gasteiger partial charge in [0.05, 0.1) is 5.56 Å². The number of benzene rings is 1. The fourth-order valence-electron chi connectivity index (χ4n) is 2.59. The van der Waals surface area contributed by atoms with Crippen molar-refractivity contribution in [2.45, 2.75) is 6.42 Å². The summed E-state index contributed by atoms with van der Waals surface area (Å²) in [5.41, 5.74) is 7.47. The number of nitrogens with one attached hydrogen (secondary N) is 1. The number of aromatic amines is 1. The quantitative estimate of drug-likeness (QED) is 0.776. The van der Waals surface area contributed by atoms with Crippen molar-refractivity contribution in [1.82, 2.24) is 9.97 Å². The van der Waals surface area contributed by atoms with Crippen LogP contribution in [0.2, 0.25) is 0 Å². The molecule has 0 fully saturated rings. The highest BCUT2D eigenvalue weighted by molar-refractivity contribution is 8.08. The fourth-order valence-corrected chi connectivity index (χ4v) is 3.55. The molecule has 0 bridgehead atoms. The van der Waals surface area contributed by atoms with E-state index in [-0.39, 0.29) is 5.69 Å². The topological polar surface area (TPSA) is 84.9 Å². The second-order valence-corrected chi connectivity index (χ2v) is 6.15. The van der Waals surface area contributed by atoms with Crippen molar-refractivity contribution in [2.75, 3.05) is 5.75 Å². The maximum atomic E-state index is 11.7. The van der Waals surface area contributed by atoms with Crippen LogP contribution >= 0.6 is 11.8 Å². The highest BCUT2D eigenvalue weighted by atomic mass is 32.2. The molecule has 110 valence electrons. The van der Waals surface area contributed by atoms with Gasteiger partial charge < -0.3 is 15.1 Å². The first-order valence-electron chi connectivity index (χ1n) is 6.94. The van der Waals surface area contributed by atoms with Crippen molar-refractivity contribution in [3.05, 3.63) is 48.0 Å². The standard InChI is InChI=1S/C16H13N3O2S/c17-15(20)13-14(12-6-3-7-22-12)21-16(19-13)10-8-18-11-5-2-1-4-9(10)11/h1-2,4-6,8,18H,3,7H2,(H2,17,20). The SMILES string of the molecule is NC(=O)c1nc(-c2c[nH]c3ccccc23)oc1C1=CCCS1. The minimum absolute atomic E-state index is 0.195. The van der Waals surface area contributed by atoms with Gasteiger partial charge in [0.1, 0.15) is 0 Å². The van der Waals surface area contributed by atoms with Gasteiger partial charge in [0.25, 0.3) is 5.91 Å². The molecule has 0 spiro atoms. The molecule has 1 aliphatic heterocycles. The number of hydrogen-bond acceptors (Lipinski definition) is 4. The summed E-state index contributed by atoms with van der Waals surface area (Å²) >= 11 is 1.65. The number of fused-ring (bicyclic) bond motifs is 1. The lowest BCUT2D eigenvalue weighted by molar-refractivity contribution is 0.0995. The summed E-state index contributed by atoms with van der Waals surface area (Å²) < 4.78 is 5.89. The Balaban J connectivity index is 1.89. The van der Waals surface area contributed by atoms with Gasteiger partial charge in [-0.1, -0.05) is 24.3 Å². The van der Waals surface area contributed by atoms with E-state index in [0.717, 1.165) is 33.5 Å². The van der Waals surface area contributed by atoms with Crippen LogP contribution in [0.4, 0.5) is 0 Å². The summed E-state index contributed by atoms with van der Waals surface area (Å²) in [6.07, 6.45) is 4.85. The number of aromatic nitrogens is 2. The highest BCUT2D eigenvalue weighted by Gasteiger charge is 2.24. The summed E-state index contributed by atoms with van der Waals surface area (Å²) in [7, 11) is 0. The number of para-hydroxylation sites is 1. The molecule has 3 heterocycles. The molecule has 5 nitrogen and oxygen atoms in total. The smallest absolute Gasteiger partial charge is 0.271 e. The van der Waals surface area contributed by atoms with Crippen molar-refractivity contribution in [3.8, 4) is 11.5 Å². The lowest BCUT2D eigenvalue weighted by Gasteiger charge is -1.97. The molecule has 22 heavy (non-hydrogen) atoms. The Morgan fingerprint density at radius 1 is 1.36 bits per heavy atom. The number of rotatable bonds is 3. The van der Waals surface area contributed by atoms with Crippen LogP contribution in [0.5, 0.6) is 0 Å².